The van der Waals surface area contributed by atoms with Crippen molar-refractivity contribution in [3.8, 4) is 0 Å². The van der Waals surface area contributed by atoms with Crippen LogP contribution in [0.2, 0.25) is 0 Å². The van der Waals surface area contributed by atoms with E-state index >= 15 is 0 Å². The van der Waals surface area contributed by atoms with Gasteiger partial charge < -0.3 is 61.3 Å². The van der Waals surface area contributed by atoms with E-state index in [1.807, 2.05) is 6.92 Å². The van der Waals surface area contributed by atoms with Gasteiger partial charge in [-0.25, -0.2) is 0 Å². The molecule has 12 heteroatoms. The van der Waals surface area contributed by atoms with Crippen LogP contribution in [0, 0.1) is 5.41 Å². The molecule has 0 aromatic carbocycles. The van der Waals surface area contributed by atoms with Gasteiger partial charge >= 0.3 is 0 Å². The number of rotatable bonds is 32. The largest absolute Gasteiger partial charge is 0.389 e. The fourth-order valence-electron chi connectivity index (χ4n) is 6.92. The van der Waals surface area contributed by atoms with Crippen molar-refractivity contribution in [1.82, 2.24) is 0 Å². The van der Waals surface area contributed by atoms with Crippen LogP contribution in [-0.4, -0.2) is 104 Å². The van der Waals surface area contributed by atoms with Crippen LogP contribution in [0.5, 0.6) is 0 Å². The van der Waals surface area contributed by atoms with E-state index in [0.717, 1.165) is 0 Å². The number of aliphatic hydroxyl groups is 12. The number of unbranched alkanes of at least 4 members (excludes halogenated alkanes) is 10. The van der Waals surface area contributed by atoms with Crippen LogP contribution in [0.25, 0.3) is 0 Å². The first-order chi connectivity index (χ1) is 21.6. The zero-order valence-corrected chi connectivity index (χ0v) is 28.4. The molecule has 12 nitrogen and oxygen atoms in total. The topological polar surface area (TPSA) is 243 Å². The highest BCUT2D eigenvalue weighted by Gasteiger charge is 2.57. The number of hydrogen-bond donors (Lipinski definition) is 12. The Morgan fingerprint density at radius 1 is 0.304 bits per heavy atom. The van der Waals surface area contributed by atoms with Crippen molar-refractivity contribution in [3.63, 3.8) is 0 Å². The maximum atomic E-state index is 12.7. The zero-order chi connectivity index (χ0) is 35.1. The van der Waals surface area contributed by atoms with Crippen molar-refractivity contribution in [3.05, 3.63) is 0 Å². The molecule has 0 bridgehead atoms. The molecule has 0 aromatic heterocycles. The van der Waals surface area contributed by atoms with E-state index in [1.54, 1.807) is 0 Å². The van der Waals surface area contributed by atoms with E-state index in [9.17, 15) is 61.3 Å². The predicted octanol–water partition coefficient (Wildman–Crippen LogP) is 2.76. The molecule has 0 saturated heterocycles. The monoisotopic (exact) mass is 670 g/mol. The molecule has 0 aromatic rings. The molecule has 278 valence electrons. The Balaban J connectivity index is 6.33. The molecule has 0 radical (unpaired) electrons. The summed E-state index contributed by atoms with van der Waals surface area (Å²) < 4.78 is 0. The van der Waals surface area contributed by atoms with E-state index in [2.05, 4.69) is 0 Å². The molecule has 0 atom stereocenters. The third kappa shape index (κ3) is 20.1. The van der Waals surface area contributed by atoms with Gasteiger partial charge in [0.05, 0.1) is 11.2 Å². The van der Waals surface area contributed by atoms with Crippen molar-refractivity contribution in [1.29, 1.82) is 0 Å². The van der Waals surface area contributed by atoms with Gasteiger partial charge in [-0.3, -0.25) is 0 Å². The predicted molar refractivity (Wildman–Crippen MR) is 175 cm³/mol. The van der Waals surface area contributed by atoms with E-state index in [4.69, 9.17) is 0 Å². The summed E-state index contributed by atoms with van der Waals surface area (Å²) in [6.45, 7) is 1.94. The maximum absolute atomic E-state index is 12.7. The molecule has 0 aliphatic rings. The van der Waals surface area contributed by atoms with Gasteiger partial charge in [0, 0.05) is 5.41 Å². The molecule has 46 heavy (non-hydrogen) atoms. The molecule has 0 amide bonds. The smallest absolute Gasteiger partial charge is 0.151 e. The number of hydrogen-bond acceptors (Lipinski definition) is 12. The first-order valence-electron chi connectivity index (χ1n) is 17.8. The molecule has 0 saturated carbocycles. The SMILES string of the molecule is CC(CCCCCC(O)O)(C(O)(CCCCCC(O)O)CCCCCC(O)O)C(O)(CCCCCC(O)O)CCCCCC(O)O. The fourth-order valence-corrected chi connectivity index (χ4v) is 6.92. The van der Waals surface area contributed by atoms with Gasteiger partial charge in [0.25, 0.3) is 0 Å². The average Bonchev–Trinajstić information content (AvgIpc) is 2.95. The zero-order valence-electron chi connectivity index (χ0n) is 28.4. The Morgan fingerprint density at radius 3 is 0.696 bits per heavy atom. The van der Waals surface area contributed by atoms with Crippen LogP contribution in [0.4, 0.5) is 0 Å². The third-order valence-corrected chi connectivity index (χ3v) is 9.90. The van der Waals surface area contributed by atoms with Gasteiger partial charge in [-0.2, -0.15) is 0 Å². The molecule has 0 fully saturated rings. The summed E-state index contributed by atoms with van der Waals surface area (Å²) in [6, 6.07) is 0. The highest BCUT2D eigenvalue weighted by molar-refractivity contribution is 5.08. The summed E-state index contributed by atoms with van der Waals surface area (Å²) in [4.78, 5) is 0. The quantitative estimate of drug-likeness (QED) is 0.0365. The molecular weight excluding hydrogens is 600 g/mol. The van der Waals surface area contributed by atoms with Gasteiger partial charge in [-0.05, 0) is 96.3 Å². The molecular formula is C34H70O12. The molecule has 0 spiro atoms. The summed E-state index contributed by atoms with van der Waals surface area (Å²) in [5.74, 6) is 0. The molecule has 0 aliphatic carbocycles. The normalized spacial score (nSPS) is 13.4. The van der Waals surface area contributed by atoms with Crippen molar-refractivity contribution in [2.45, 2.75) is 210 Å². The lowest BCUT2D eigenvalue weighted by Gasteiger charge is -2.56. The highest BCUT2D eigenvalue weighted by atomic mass is 16.5. The molecule has 0 heterocycles. The Hall–Kier alpha value is -0.480. The summed E-state index contributed by atoms with van der Waals surface area (Å²) >= 11 is 0. The van der Waals surface area contributed by atoms with E-state index < -0.39 is 48.1 Å². The standard InChI is InChI=1S/C34H70O12/c1-32(22-12-2-7-17-27(35)36,33(45,23-13-3-8-18-28(37)38)24-14-4-9-19-29(39)40)34(46,25-15-5-10-20-30(41)42)26-16-6-11-21-31(43)44/h27-31,35-46H,2-26H2,1H3. The van der Waals surface area contributed by atoms with E-state index in [1.165, 1.54) is 0 Å². The molecule has 0 unspecified atom stereocenters. The molecule has 0 aliphatic heterocycles. The van der Waals surface area contributed by atoms with Gasteiger partial charge in [0.1, 0.15) is 0 Å². The summed E-state index contributed by atoms with van der Waals surface area (Å²) in [6.07, 6.45) is 5.32. The lowest BCUT2D eigenvalue weighted by molar-refractivity contribution is -0.207. The first-order valence-corrected chi connectivity index (χ1v) is 17.8. The van der Waals surface area contributed by atoms with Crippen LogP contribution >= 0.6 is 0 Å². The fraction of sp³-hybridized carbons (Fsp3) is 1.00. The van der Waals surface area contributed by atoms with E-state index in [0.29, 0.717) is 128 Å². The van der Waals surface area contributed by atoms with Crippen LogP contribution in [0.15, 0.2) is 0 Å². The van der Waals surface area contributed by atoms with Gasteiger partial charge in [-0.15, -0.1) is 0 Å². The molecule has 12 N–H and O–H groups in total. The van der Waals surface area contributed by atoms with Crippen molar-refractivity contribution in [2.24, 2.45) is 5.41 Å². The van der Waals surface area contributed by atoms with Crippen molar-refractivity contribution >= 4 is 0 Å². The second-order valence-electron chi connectivity index (χ2n) is 13.8. The van der Waals surface area contributed by atoms with Crippen LogP contribution < -0.4 is 0 Å². The minimum atomic E-state index is -1.40. The first kappa shape index (κ1) is 45.5. The Bertz CT molecular complexity index is 620. The minimum absolute atomic E-state index is 0.227. The lowest BCUT2D eigenvalue weighted by Crippen LogP contribution is -2.60. The van der Waals surface area contributed by atoms with Crippen LogP contribution in [0.3, 0.4) is 0 Å². The Labute approximate surface area is 276 Å². The summed E-state index contributed by atoms with van der Waals surface area (Å²) in [7, 11) is 0. The Morgan fingerprint density at radius 2 is 0.500 bits per heavy atom. The van der Waals surface area contributed by atoms with E-state index in [-0.39, 0.29) is 32.1 Å². The Kier molecular flexibility index (Phi) is 25.2. The maximum Gasteiger partial charge on any atom is 0.151 e. The third-order valence-electron chi connectivity index (χ3n) is 9.90. The molecule has 0 rings (SSSR count). The van der Waals surface area contributed by atoms with Crippen LogP contribution in [0.1, 0.15) is 167 Å². The second kappa shape index (κ2) is 25.5. The second-order valence-corrected chi connectivity index (χ2v) is 13.8. The van der Waals surface area contributed by atoms with Crippen molar-refractivity contribution in [2.75, 3.05) is 0 Å². The summed E-state index contributed by atoms with van der Waals surface area (Å²) in [5, 5.41) is 118. The summed E-state index contributed by atoms with van der Waals surface area (Å²) in [5.41, 5.74) is -3.65. The van der Waals surface area contributed by atoms with Gasteiger partial charge in [0.2, 0.25) is 0 Å². The average molecular weight is 671 g/mol. The van der Waals surface area contributed by atoms with Crippen molar-refractivity contribution < 1.29 is 61.3 Å². The van der Waals surface area contributed by atoms with Gasteiger partial charge in [-0.1, -0.05) is 71.1 Å². The minimum Gasteiger partial charge on any atom is -0.389 e. The lowest BCUT2D eigenvalue weighted by atomic mass is 9.55. The van der Waals surface area contributed by atoms with Gasteiger partial charge in [0.15, 0.2) is 31.5 Å². The van der Waals surface area contributed by atoms with Crippen LogP contribution in [-0.2, 0) is 0 Å². The number of aliphatic hydroxyl groups excluding tert-OH is 5. The highest BCUT2D eigenvalue weighted by Crippen LogP contribution is 2.54.